The van der Waals surface area contributed by atoms with Gasteiger partial charge in [0.15, 0.2) is 0 Å². The molecule has 44 heavy (non-hydrogen) atoms. The summed E-state index contributed by atoms with van der Waals surface area (Å²) in [5.41, 5.74) is 0. The molecule has 0 spiro atoms. The van der Waals surface area contributed by atoms with Crippen molar-refractivity contribution in [3.8, 4) is 0 Å². The zero-order valence-corrected chi connectivity index (χ0v) is 26.4. The van der Waals surface area contributed by atoms with Gasteiger partial charge in [-0.15, -0.1) is 0 Å². The Morgan fingerprint density at radius 1 is 0.545 bits per heavy atom. The first kappa shape index (κ1) is 38.4. The van der Waals surface area contributed by atoms with E-state index in [0.29, 0.717) is 0 Å². The van der Waals surface area contributed by atoms with Gasteiger partial charge < -0.3 is 39.6 Å². The van der Waals surface area contributed by atoms with E-state index in [-0.39, 0.29) is 30.2 Å². The van der Waals surface area contributed by atoms with Crippen LogP contribution in [0.5, 0.6) is 0 Å². The molecule has 0 aliphatic carbocycles. The number of carbonyl (C=O) groups is 4. The van der Waals surface area contributed by atoms with Crippen molar-refractivity contribution in [3.63, 3.8) is 0 Å². The number of carboxylic acids is 4. The predicted octanol–water partition coefficient (Wildman–Crippen LogP) is -4.47. The fourth-order valence-electron chi connectivity index (χ4n) is 4.38. The second-order valence-electron chi connectivity index (χ2n) is 9.26. The summed E-state index contributed by atoms with van der Waals surface area (Å²) in [5.74, 6) is -6.12. The van der Waals surface area contributed by atoms with Crippen molar-refractivity contribution in [2.45, 2.75) is 0 Å². The van der Waals surface area contributed by atoms with E-state index in [0.717, 1.165) is 25.7 Å². The Kier molecular flexibility index (Phi) is 15.9. The number of hydrogen-bond acceptors (Lipinski definition) is 12. The fraction of sp³-hybridized carbons (Fsp3) is 0.241. The molecule has 0 saturated carbocycles. The van der Waals surface area contributed by atoms with Crippen LogP contribution in [0.2, 0.25) is 0 Å². The monoisotopic (exact) mass is 685 g/mol. The van der Waals surface area contributed by atoms with Gasteiger partial charge in [0, 0.05) is 39.3 Å². The van der Waals surface area contributed by atoms with Crippen LogP contribution in [0.3, 0.4) is 0 Å². The number of aliphatic carboxylic acids is 4. The van der Waals surface area contributed by atoms with Gasteiger partial charge in [-0.2, -0.15) is 8.42 Å². The SMILES string of the molecule is CS(=O)(=O)[P+](c1ccccc1)(c1ccccc1)c1ccccc1.O=C([O-])CN(CCN(CC(=O)[O-])CC(=O)[O-])CC(=O)[O-].[Fe+3]. The molecule has 0 amide bonds. The number of nitrogens with zero attached hydrogens (tertiary/aromatic N) is 2. The molecule has 12 nitrogen and oxygen atoms in total. The van der Waals surface area contributed by atoms with Crippen molar-refractivity contribution in [2.75, 3.05) is 45.5 Å². The molecule has 235 valence electrons. The summed E-state index contributed by atoms with van der Waals surface area (Å²) in [5, 5.41) is 44.2. The summed E-state index contributed by atoms with van der Waals surface area (Å²) in [6.07, 6.45) is 1.35. The molecule has 0 heterocycles. The van der Waals surface area contributed by atoms with E-state index >= 15 is 0 Å². The summed E-state index contributed by atoms with van der Waals surface area (Å²) in [6.45, 7) is -6.02. The minimum Gasteiger partial charge on any atom is -0.549 e. The summed E-state index contributed by atoms with van der Waals surface area (Å²) < 4.78 is 26.2. The van der Waals surface area contributed by atoms with E-state index in [1.54, 1.807) is 0 Å². The number of hydrogen-bond donors (Lipinski definition) is 0. The average molecular weight is 685 g/mol. The smallest absolute Gasteiger partial charge is 0.549 e. The first-order valence-corrected chi connectivity index (χ1v) is 17.1. The molecule has 0 fully saturated rings. The van der Waals surface area contributed by atoms with Crippen molar-refractivity contribution < 1.29 is 65.1 Å². The maximum Gasteiger partial charge on any atom is 3.00 e. The molecule has 15 heteroatoms. The van der Waals surface area contributed by atoms with Gasteiger partial charge >= 0.3 is 17.1 Å². The maximum absolute atomic E-state index is 13.1. The average Bonchev–Trinajstić information content (AvgIpc) is 2.92. The zero-order valence-electron chi connectivity index (χ0n) is 23.6. The third kappa shape index (κ3) is 11.5. The predicted molar refractivity (Wildman–Crippen MR) is 153 cm³/mol. The summed E-state index contributed by atoms with van der Waals surface area (Å²) in [4.78, 5) is 43.4. The molecule has 0 aliphatic heterocycles. The van der Waals surface area contributed by atoms with E-state index < -0.39 is 66.0 Å². The fourth-order valence-corrected chi connectivity index (χ4v) is 12.7. The van der Waals surface area contributed by atoms with E-state index in [2.05, 4.69) is 0 Å². The Balaban J connectivity index is 0.000000436. The number of rotatable bonds is 15. The number of benzene rings is 3. The Bertz CT molecular complexity index is 1320. The molecule has 3 aromatic carbocycles. The van der Waals surface area contributed by atoms with Crippen molar-refractivity contribution in [1.29, 1.82) is 0 Å². The molecule has 0 atom stereocenters. The van der Waals surface area contributed by atoms with Crippen LogP contribution in [0.15, 0.2) is 91.0 Å². The third-order valence-electron chi connectivity index (χ3n) is 6.00. The molecular formula is C29H30FeN2O10PS. The van der Waals surface area contributed by atoms with Gasteiger partial charge in [0.05, 0.1) is 30.1 Å². The molecule has 0 N–H and O–H groups in total. The second-order valence-corrected chi connectivity index (χ2v) is 17.1. The van der Waals surface area contributed by atoms with Gasteiger partial charge in [0.25, 0.3) is 9.46 Å². The van der Waals surface area contributed by atoms with Gasteiger partial charge in [-0.3, -0.25) is 9.80 Å². The molecule has 3 aromatic rings. The normalized spacial score (nSPS) is 11.2. The molecule has 0 aliphatic rings. The van der Waals surface area contributed by atoms with Crippen LogP contribution in [0.4, 0.5) is 0 Å². The van der Waals surface area contributed by atoms with Gasteiger partial charge in [0.2, 0.25) is 6.46 Å². The minimum atomic E-state index is -3.37. The topological polar surface area (TPSA) is 201 Å². The van der Waals surface area contributed by atoms with Crippen LogP contribution in [0.25, 0.3) is 0 Å². The van der Waals surface area contributed by atoms with Crippen LogP contribution < -0.4 is 36.3 Å². The van der Waals surface area contributed by atoms with Gasteiger partial charge in [0.1, 0.15) is 15.9 Å². The quantitative estimate of drug-likeness (QED) is 0.110. The molecule has 3 rings (SSSR count). The molecule has 0 saturated heterocycles. The molecule has 0 unspecified atom stereocenters. The summed E-state index contributed by atoms with van der Waals surface area (Å²) >= 11 is 0. The minimum absolute atomic E-state index is 0. The Morgan fingerprint density at radius 2 is 0.773 bits per heavy atom. The van der Waals surface area contributed by atoms with Gasteiger partial charge in [-0.1, -0.05) is 54.6 Å². The molecule has 0 bridgehead atoms. The van der Waals surface area contributed by atoms with Crippen molar-refractivity contribution >= 4 is 55.7 Å². The zero-order chi connectivity index (χ0) is 32.0. The number of carboxylic acid groups (broad SMARTS) is 4. The van der Waals surface area contributed by atoms with E-state index in [1.165, 1.54) is 6.26 Å². The first-order chi connectivity index (χ1) is 20.3. The largest absolute Gasteiger partial charge is 3.00 e. The van der Waals surface area contributed by atoms with Gasteiger partial charge in [-0.05, 0) is 36.4 Å². The third-order valence-corrected chi connectivity index (χ3v) is 15.0. The van der Waals surface area contributed by atoms with Gasteiger partial charge in [-0.25, -0.2) is 0 Å². The van der Waals surface area contributed by atoms with E-state index in [4.69, 9.17) is 0 Å². The van der Waals surface area contributed by atoms with Crippen molar-refractivity contribution in [2.24, 2.45) is 0 Å². The van der Waals surface area contributed by atoms with Crippen LogP contribution in [0, 0.1) is 0 Å². The van der Waals surface area contributed by atoms with Crippen molar-refractivity contribution in [1.82, 2.24) is 9.80 Å². The molecule has 1 radical (unpaired) electrons. The van der Waals surface area contributed by atoms with Crippen LogP contribution in [0.1, 0.15) is 0 Å². The Hall–Kier alpha value is -3.64. The second kappa shape index (κ2) is 18.2. The maximum atomic E-state index is 13.1. The Labute approximate surface area is 266 Å². The van der Waals surface area contributed by atoms with Crippen LogP contribution >= 0.6 is 6.46 Å². The summed E-state index contributed by atoms with van der Waals surface area (Å²) in [7, 11) is -3.37. The van der Waals surface area contributed by atoms with Crippen LogP contribution in [-0.2, 0) is 45.7 Å². The first-order valence-electron chi connectivity index (χ1n) is 12.8. The Morgan fingerprint density at radius 3 is 0.955 bits per heavy atom. The summed E-state index contributed by atoms with van der Waals surface area (Å²) in [6, 6.07) is 28.7. The van der Waals surface area contributed by atoms with E-state index in [9.17, 15) is 48.0 Å². The van der Waals surface area contributed by atoms with Crippen molar-refractivity contribution in [3.05, 3.63) is 91.0 Å². The number of carbonyl (C=O) groups excluding carboxylic acids is 4. The van der Waals surface area contributed by atoms with E-state index in [1.807, 2.05) is 91.0 Å². The standard InChI is InChI=1S/C19H18O2PS.C10H16N2O8.Fe/c1-23(20,21)22(17-11-5-2-6-12-17,18-13-7-3-8-14-18)19-15-9-4-10-16-19;13-7(14)3-11(4-8(15)16)1-2-12(5-9(17)18)6-10(19)20;/h2-16H,1H3;1-6H2,(H,13,14)(H,15,16)(H,17,18)(H,19,20);/q+1;;+3/p-4. The molecule has 0 aromatic heterocycles. The molecular weight excluding hydrogens is 655 g/mol. The van der Waals surface area contributed by atoms with Crippen LogP contribution in [-0.4, -0.2) is 87.6 Å².